The van der Waals surface area contributed by atoms with Crippen LogP contribution in [0.3, 0.4) is 0 Å². The number of nitrogens with one attached hydrogen (secondary N) is 2. The quantitative estimate of drug-likeness (QED) is 0.140. The van der Waals surface area contributed by atoms with E-state index in [-0.39, 0.29) is 35.2 Å². The fourth-order valence-electron chi connectivity index (χ4n) is 3.39. The molecule has 0 atom stereocenters. The minimum atomic E-state index is -0.272. The van der Waals surface area contributed by atoms with Gasteiger partial charge in [-0.3, -0.25) is 9.59 Å². The number of rotatable bonds is 12. The summed E-state index contributed by atoms with van der Waals surface area (Å²) in [7, 11) is 1.63. The van der Waals surface area contributed by atoms with Crippen molar-refractivity contribution in [2.75, 3.05) is 13.6 Å². The molecule has 37 heavy (non-hydrogen) atoms. The Labute approximate surface area is 218 Å². The molecule has 0 heterocycles. The molecule has 2 aromatic rings. The summed E-state index contributed by atoms with van der Waals surface area (Å²) >= 11 is 0. The summed E-state index contributed by atoms with van der Waals surface area (Å²) in [4.78, 5) is 22.5. The Morgan fingerprint density at radius 2 is 1.49 bits per heavy atom. The molecule has 0 aliphatic rings. The lowest BCUT2D eigenvalue weighted by atomic mass is 9.87. The van der Waals surface area contributed by atoms with Gasteiger partial charge in [-0.05, 0) is 67.7 Å². The van der Waals surface area contributed by atoms with E-state index in [4.69, 9.17) is 0 Å². The van der Waals surface area contributed by atoms with Crippen LogP contribution in [0.15, 0.2) is 84.7 Å². The summed E-state index contributed by atoms with van der Waals surface area (Å²) < 4.78 is 39.0. The molecule has 2 aromatic carbocycles. The van der Waals surface area contributed by atoms with Crippen molar-refractivity contribution >= 4 is 11.8 Å². The van der Waals surface area contributed by atoms with Crippen LogP contribution in [0.2, 0.25) is 0 Å². The third-order valence-corrected chi connectivity index (χ3v) is 5.59. The number of amides is 2. The van der Waals surface area contributed by atoms with Crippen LogP contribution in [0, 0.1) is 11.6 Å². The van der Waals surface area contributed by atoms with E-state index in [1.165, 1.54) is 36.4 Å². The molecule has 0 saturated heterocycles. The summed E-state index contributed by atoms with van der Waals surface area (Å²) in [5, 5.41) is 5.20. The molecule has 0 radical (unpaired) electrons. The lowest BCUT2D eigenvalue weighted by molar-refractivity contribution is -0.120. The van der Waals surface area contributed by atoms with E-state index in [1.807, 2.05) is 0 Å². The zero-order valence-corrected chi connectivity index (χ0v) is 21.8. The van der Waals surface area contributed by atoms with Crippen LogP contribution in [0.5, 0.6) is 0 Å². The van der Waals surface area contributed by atoms with Crippen molar-refractivity contribution in [2.45, 2.75) is 51.9 Å². The van der Waals surface area contributed by atoms with Crippen molar-refractivity contribution in [3.8, 4) is 0 Å². The normalized spacial score (nSPS) is 11.4. The van der Waals surface area contributed by atoms with Crippen LogP contribution < -0.4 is 10.6 Å². The van der Waals surface area contributed by atoms with Gasteiger partial charge in [-0.15, -0.1) is 6.58 Å². The van der Waals surface area contributed by atoms with Crippen molar-refractivity contribution < 1.29 is 22.8 Å². The smallest absolute Gasteiger partial charge is 0.247 e. The molecule has 0 aromatic heterocycles. The summed E-state index contributed by atoms with van der Waals surface area (Å²) in [5.74, 6) is -0.880. The first-order valence-electron chi connectivity index (χ1n) is 12.3. The van der Waals surface area contributed by atoms with Crippen LogP contribution in [-0.4, -0.2) is 25.4 Å². The van der Waals surface area contributed by atoms with Crippen LogP contribution in [0.1, 0.15) is 63.0 Å². The number of carbonyl (C=O) groups is 2. The summed E-state index contributed by atoms with van der Waals surface area (Å²) in [6.07, 6.45) is 7.70. The molecular formula is C30H37F3N2O2. The molecule has 0 bridgehead atoms. The Morgan fingerprint density at radius 3 is 1.95 bits per heavy atom. The van der Waals surface area contributed by atoms with E-state index in [0.29, 0.717) is 25.0 Å². The summed E-state index contributed by atoms with van der Waals surface area (Å²) in [6, 6.07) is 12.8. The second-order valence-corrected chi connectivity index (χ2v) is 8.39. The summed E-state index contributed by atoms with van der Waals surface area (Å²) in [5.41, 5.74) is 2.48. The highest BCUT2D eigenvalue weighted by molar-refractivity contribution is 5.93. The minimum absolute atomic E-state index is 0.0325. The second kappa shape index (κ2) is 17.8. The lowest BCUT2D eigenvalue weighted by Crippen LogP contribution is -2.23. The number of benzene rings is 2. The molecule has 2 amide bonds. The topological polar surface area (TPSA) is 58.2 Å². The van der Waals surface area contributed by atoms with Crippen molar-refractivity contribution in [2.24, 2.45) is 0 Å². The second-order valence-electron chi connectivity index (χ2n) is 8.39. The Bertz CT molecular complexity index is 1000. The molecule has 4 nitrogen and oxygen atoms in total. The summed E-state index contributed by atoms with van der Waals surface area (Å²) in [6.45, 7) is 7.25. The van der Waals surface area contributed by atoms with Crippen LogP contribution in [0.4, 0.5) is 13.2 Å². The SMILES string of the molecule is C=CCNC(=O)/C(C)=C/C=C(/F)CC.CNC(=O)CCCCC(c1ccc(F)cc1)c1ccc(F)cc1. The van der Waals surface area contributed by atoms with E-state index in [1.54, 1.807) is 51.2 Å². The van der Waals surface area contributed by atoms with Crippen molar-refractivity contribution in [1.82, 2.24) is 10.6 Å². The third kappa shape index (κ3) is 12.8. The van der Waals surface area contributed by atoms with Crippen molar-refractivity contribution in [3.63, 3.8) is 0 Å². The van der Waals surface area contributed by atoms with Gasteiger partial charge in [0.05, 0.1) is 5.83 Å². The minimum Gasteiger partial charge on any atom is -0.359 e. The standard InChI is InChI=1S/C19H21F2NO.C11H16FNO/c1-22-19(23)5-3-2-4-18(14-6-10-16(20)11-7-14)15-8-12-17(21)13-9-15;1-4-8-13-11(14)9(3)6-7-10(12)5-2/h6-13,18H,2-5H2,1H3,(H,22,23);4,6-7H,1,5,8H2,2-3H3,(H,13,14)/b;9-6+,10-7+. The Hall–Kier alpha value is -3.61. The van der Waals surface area contributed by atoms with Gasteiger partial charge in [0.25, 0.3) is 0 Å². The van der Waals surface area contributed by atoms with E-state index in [9.17, 15) is 22.8 Å². The molecule has 7 heteroatoms. The van der Waals surface area contributed by atoms with E-state index >= 15 is 0 Å². The number of hydrogen-bond acceptors (Lipinski definition) is 2. The average molecular weight is 515 g/mol. The van der Waals surface area contributed by atoms with Gasteiger partial charge >= 0.3 is 0 Å². The largest absolute Gasteiger partial charge is 0.359 e. The van der Waals surface area contributed by atoms with Gasteiger partial charge in [-0.25, -0.2) is 13.2 Å². The maximum Gasteiger partial charge on any atom is 0.247 e. The highest BCUT2D eigenvalue weighted by atomic mass is 19.1. The van der Waals surface area contributed by atoms with Gasteiger partial charge in [0.1, 0.15) is 11.6 Å². The number of allylic oxidation sites excluding steroid dienone is 3. The zero-order chi connectivity index (χ0) is 27.6. The van der Waals surface area contributed by atoms with Crippen LogP contribution >= 0.6 is 0 Å². The van der Waals surface area contributed by atoms with Gasteiger partial charge in [-0.2, -0.15) is 0 Å². The van der Waals surface area contributed by atoms with Crippen LogP contribution in [0.25, 0.3) is 0 Å². The molecule has 0 aliphatic heterocycles. The fraction of sp³-hybridized carbons (Fsp3) is 0.333. The monoisotopic (exact) mass is 514 g/mol. The first-order chi connectivity index (χ1) is 17.7. The van der Waals surface area contributed by atoms with Gasteiger partial charge in [0.2, 0.25) is 11.8 Å². The lowest BCUT2D eigenvalue weighted by Gasteiger charge is -2.18. The maximum absolute atomic E-state index is 13.1. The van der Waals surface area contributed by atoms with E-state index < -0.39 is 0 Å². The molecule has 200 valence electrons. The number of hydrogen-bond donors (Lipinski definition) is 2. The average Bonchev–Trinajstić information content (AvgIpc) is 2.91. The fourth-order valence-corrected chi connectivity index (χ4v) is 3.39. The first kappa shape index (κ1) is 31.4. The van der Waals surface area contributed by atoms with Gasteiger partial charge in [-0.1, -0.05) is 49.8 Å². The molecule has 2 rings (SSSR count). The van der Waals surface area contributed by atoms with E-state index in [0.717, 1.165) is 30.4 Å². The first-order valence-corrected chi connectivity index (χ1v) is 12.3. The molecule has 2 N–H and O–H groups in total. The van der Waals surface area contributed by atoms with Gasteiger partial charge in [0, 0.05) is 31.5 Å². The van der Waals surface area contributed by atoms with E-state index in [2.05, 4.69) is 17.2 Å². The number of unbranched alkanes of at least 4 members (excludes halogenated alkanes) is 1. The molecule has 0 aliphatic carbocycles. The zero-order valence-electron chi connectivity index (χ0n) is 21.8. The molecule has 0 unspecified atom stereocenters. The molecule has 0 spiro atoms. The molecule has 0 saturated carbocycles. The van der Waals surface area contributed by atoms with Gasteiger partial charge < -0.3 is 10.6 Å². The van der Waals surface area contributed by atoms with Crippen molar-refractivity contribution in [3.05, 3.63) is 107 Å². The van der Waals surface area contributed by atoms with Gasteiger partial charge in [0.15, 0.2) is 0 Å². The third-order valence-electron chi connectivity index (χ3n) is 5.59. The number of carbonyl (C=O) groups excluding carboxylic acids is 2. The van der Waals surface area contributed by atoms with Crippen LogP contribution in [-0.2, 0) is 9.59 Å². The highest BCUT2D eigenvalue weighted by Crippen LogP contribution is 2.30. The molecular weight excluding hydrogens is 477 g/mol. The number of halogens is 3. The predicted molar refractivity (Wildman–Crippen MR) is 144 cm³/mol. The Balaban J connectivity index is 0.000000422. The Morgan fingerprint density at radius 1 is 0.946 bits per heavy atom. The Kier molecular flexibility index (Phi) is 15.1. The predicted octanol–water partition coefficient (Wildman–Crippen LogP) is 6.90. The highest BCUT2D eigenvalue weighted by Gasteiger charge is 2.14. The van der Waals surface area contributed by atoms with Crippen molar-refractivity contribution in [1.29, 1.82) is 0 Å². The maximum atomic E-state index is 13.1. The molecule has 0 fully saturated rings.